The molecular formula is C27H24N2O6. The summed E-state index contributed by atoms with van der Waals surface area (Å²) in [5.41, 5.74) is 5.05. The van der Waals surface area contributed by atoms with Crippen molar-refractivity contribution in [1.29, 1.82) is 0 Å². The number of carbonyl (C=O) groups excluding carboxylic acids is 2. The number of amides is 2. The highest BCUT2D eigenvalue weighted by molar-refractivity contribution is 5.97. The molecule has 1 aliphatic carbocycles. The number of benzene rings is 3. The summed E-state index contributed by atoms with van der Waals surface area (Å²) in [6, 6.07) is 22.9. The van der Waals surface area contributed by atoms with Crippen molar-refractivity contribution in [1.82, 2.24) is 5.32 Å². The first-order chi connectivity index (χ1) is 17.0. The molecule has 2 amide bonds. The van der Waals surface area contributed by atoms with E-state index in [0.717, 1.165) is 22.3 Å². The average Bonchev–Trinajstić information content (AvgIpc) is 3.20. The first-order valence-electron chi connectivity index (χ1n) is 11.4. The molecule has 3 aromatic carbocycles. The Morgan fingerprint density at radius 3 is 2.26 bits per heavy atom. The topological polar surface area (TPSA) is 105 Å². The molecule has 0 aromatic heterocycles. The number of ether oxygens (including phenoxy) is 2. The van der Waals surface area contributed by atoms with Crippen molar-refractivity contribution in [3.05, 3.63) is 83.9 Å². The lowest BCUT2D eigenvalue weighted by Gasteiger charge is -2.33. The van der Waals surface area contributed by atoms with E-state index in [1.807, 2.05) is 36.4 Å². The zero-order chi connectivity index (χ0) is 24.4. The second kappa shape index (κ2) is 9.50. The Morgan fingerprint density at radius 1 is 0.943 bits per heavy atom. The molecular weight excluding hydrogens is 448 g/mol. The van der Waals surface area contributed by atoms with E-state index in [9.17, 15) is 19.5 Å². The van der Waals surface area contributed by atoms with Crippen molar-refractivity contribution in [2.24, 2.45) is 0 Å². The third-order valence-corrected chi connectivity index (χ3v) is 6.30. The van der Waals surface area contributed by atoms with Gasteiger partial charge in [0.05, 0.1) is 12.2 Å². The Labute approximate surface area is 202 Å². The highest BCUT2D eigenvalue weighted by atomic mass is 16.5. The van der Waals surface area contributed by atoms with E-state index in [1.54, 1.807) is 24.3 Å². The molecule has 0 spiro atoms. The summed E-state index contributed by atoms with van der Waals surface area (Å²) in [6.45, 7) is 0.147. The Bertz CT molecular complexity index is 1240. The fourth-order valence-electron chi connectivity index (χ4n) is 4.66. The molecule has 1 heterocycles. The summed E-state index contributed by atoms with van der Waals surface area (Å²) in [5, 5.41) is 12.0. The van der Waals surface area contributed by atoms with Gasteiger partial charge in [0, 0.05) is 18.9 Å². The predicted molar refractivity (Wildman–Crippen MR) is 129 cm³/mol. The maximum absolute atomic E-state index is 12.8. The standard InChI is InChI=1S/C27H24N2O6/c30-25(29-15-24(26(31)32)35-23-12-6-5-11-22(23)29)13-14-28-27(33)34-16-21-19-9-3-1-7-17(19)18-8-2-4-10-20(18)21/h1-12,21,24H,13-16H2,(H,28,33)(H,31,32). The van der Waals surface area contributed by atoms with E-state index in [2.05, 4.69) is 17.4 Å². The van der Waals surface area contributed by atoms with Gasteiger partial charge in [-0.3, -0.25) is 4.79 Å². The van der Waals surface area contributed by atoms with Crippen LogP contribution in [-0.2, 0) is 14.3 Å². The number of anilines is 1. The quantitative estimate of drug-likeness (QED) is 0.566. The van der Waals surface area contributed by atoms with E-state index >= 15 is 0 Å². The molecule has 8 heteroatoms. The van der Waals surface area contributed by atoms with Gasteiger partial charge < -0.3 is 24.8 Å². The molecule has 35 heavy (non-hydrogen) atoms. The summed E-state index contributed by atoms with van der Waals surface area (Å²) in [7, 11) is 0. The van der Waals surface area contributed by atoms with Crippen LogP contribution in [0.2, 0.25) is 0 Å². The van der Waals surface area contributed by atoms with Gasteiger partial charge in [-0.05, 0) is 34.4 Å². The van der Waals surface area contributed by atoms with Crippen LogP contribution in [-0.4, -0.2) is 48.9 Å². The van der Waals surface area contributed by atoms with Crippen LogP contribution in [0.3, 0.4) is 0 Å². The Morgan fingerprint density at radius 2 is 1.57 bits per heavy atom. The second-order valence-corrected chi connectivity index (χ2v) is 8.42. The number of rotatable bonds is 6. The van der Waals surface area contributed by atoms with Crippen LogP contribution in [0.1, 0.15) is 23.5 Å². The van der Waals surface area contributed by atoms with Gasteiger partial charge >= 0.3 is 12.1 Å². The molecule has 178 valence electrons. The number of nitrogens with zero attached hydrogens (tertiary/aromatic N) is 1. The second-order valence-electron chi connectivity index (χ2n) is 8.42. The number of alkyl carbamates (subject to hydrolysis) is 1. The summed E-state index contributed by atoms with van der Waals surface area (Å²) < 4.78 is 11.0. The lowest BCUT2D eigenvalue weighted by Crippen LogP contribution is -2.47. The lowest BCUT2D eigenvalue weighted by molar-refractivity contribution is -0.145. The van der Waals surface area contributed by atoms with Crippen molar-refractivity contribution >= 4 is 23.7 Å². The number of carboxylic acid groups (broad SMARTS) is 1. The van der Waals surface area contributed by atoms with E-state index in [-0.39, 0.29) is 37.9 Å². The summed E-state index contributed by atoms with van der Waals surface area (Å²) in [4.78, 5) is 38.0. The van der Waals surface area contributed by atoms with Crippen LogP contribution in [0, 0.1) is 0 Å². The van der Waals surface area contributed by atoms with Gasteiger partial charge in [0.1, 0.15) is 12.4 Å². The first-order valence-corrected chi connectivity index (χ1v) is 11.4. The molecule has 2 aliphatic rings. The van der Waals surface area contributed by atoms with E-state index in [0.29, 0.717) is 11.4 Å². The molecule has 1 aliphatic heterocycles. The van der Waals surface area contributed by atoms with E-state index in [1.165, 1.54) is 4.90 Å². The number of hydrogen-bond donors (Lipinski definition) is 2. The third-order valence-electron chi connectivity index (χ3n) is 6.30. The van der Waals surface area contributed by atoms with Gasteiger partial charge in [-0.25, -0.2) is 9.59 Å². The maximum atomic E-state index is 12.8. The SMILES string of the molecule is O=C(NCCC(=O)N1CC(C(=O)O)Oc2ccccc21)OCC1c2ccccc2-c2ccccc21. The van der Waals surface area contributed by atoms with Gasteiger partial charge in [-0.2, -0.15) is 0 Å². The molecule has 8 nitrogen and oxygen atoms in total. The van der Waals surface area contributed by atoms with Gasteiger partial charge in [0.2, 0.25) is 12.0 Å². The number of aliphatic carboxylic acids is 1. The fourth-order valence-corrected chi connectivity index (χ4v) is 4.66. The van der Waals surface area contributed by atoms with Crippen LogP contribution in [0.4, 0.5) is 10.5 Å². The molecule has 0 fully saturated rings. The van der Waals surface area contributed by atoms with Crippen LogP contribution < -0.4 is 15.0 Å². The molecule has 0 saturated heterocycles. The minimum atomic E-state index is -1.15. The predicted octanol–water partition coefficient (Wildman–Crippen LogP) is 3.79. The number of carbonyl (C=O) groups is 3. The first kappa shape index (κ1) is 22.5. The average molecular weight is 472 g/mol. The molecule has 2 N–H and O–H groups in total. The maximum Gasteiger partial charge on any atom is 0.407 e. The number of nitrogens with one attached hydrogen (secondary N) is 1. The van der Waals surface area contributed by atoms with Gasteiger partial charge in [0.15, 0.2) is 0 Å². The Hall–Kier alpha value is -4.33. The highest BCUT2D eigenvalue weighted by Crippen LogP contribution is 2.44. The lowest BCUT2D eigenvalue weighted by atomic mass is 9.98. The fraction of sp³-hybridized carbons (Fsp3) is 0.222. The molecule has 0 bridgehead atoms. The normalized spacial score (nSPS) is 15.9. The van der Waals surface area contributed by atoms with Crippen LogP contribution in [0.5, 0.6) is 5.75 Å². The van der Waals surface area contributed by atoms with Crippen molar-refractivity contribution < 1.29 is 29.0 Å². The largest absolute Gasteiger partial charge is 0.478 e. The summed E-state index contributed by atoms with van der Waals surface area (Å²) in [5.74, 6) is -1.17. The molecule has 0 saturated carbocycles. The summed E-state index contributed by atoms with van der Waals surface area (Å²) >= 11 is 0. The van der Waals surface area contributed by atoms with Crippen molar-refractivity contribution in [3.8, 4) is 16.9 Å². The monoisotopic (exact) mass is 472 g/mol. The number of para-hydroxylation sites is 2. The van der Waals surface area contributed by atoms with Crippen molar-refractivity contribution in [3.63, 3.8) is 0 Å². The highest BCUT2D eigenvalue weighted by Gasteiger charge is 2.33. The molecule has 5 rings (SSSR count). The van der Waals surface area contributed by atoms with E-state index < -0.39 is 18.2 Å². The molecule has 1 unspecified atom stereocenters. The van der Waals surface area contributed by atoms with Crippen molar-refractivity contribution in [2.45, 2.75) is 18.4 Å². The molecule has 3 aromatic rings. The number of hydrogen-bond acceptors (Lipinski definition) is 5. The smallest absolute Gasteiger partial charge is 0.407 e. The molecule has 0 radical (unpaired) electrons. The van der Waals surface area contributed by atoms with Gasteiger partial charge in [-0.1, -0.05) is 60.7 Å². The Balaban J connectivity index is 1.16. The zero-order valence-corrected chi connectivity index (χ0v) is 18.8. The van der Waals surface area contributed by atoms with Crippen LogP contribution in [0.15, 0.2) is 72.8 Å². The van der Waals surface area contributed by atoms with Crippen LogP contribution in [0.25, 0.3) is 11.1 Å². The van der Waals surface area contributed by atoms with Gasteiger partial charge in [-0.15, -0.1) is 0 Å². The number of fused-ring (bicyclic) bond motifs is 4. The summed E-state index contributed by atoms with van der Waals surface area (Å²) in [6.07, 6.45) is -1.76. The van der Waals surface area contributed by atoms with E-state index in [4.69, 9.17) is 9.47 Å². The van der Waals surface area contributed by atoms with Gasteiger partial charge in [0.25, 0.3) is 0 Å². The minimum absolute atomic E-state index is 0.00906. The molecule has 1 atom stereocenters. The minimum Gasteiger partial charge on any atom is -0.478 e. The zero-order valence-electron chi connectivity index (χ0n) is 18.8. The Kier molecular flexibility index (Phi) is 6.10. The number of carboxylic acids is 1. The van der Waals surface area contributed by atoms with Crippen LogP contribution >= 0.6 is 0 Å². The third kappa shape index (κ3) is 4.42. The van der Waals surface area contributed by atoms with Crippen molar-refractivity contribution in [2.75, 3.05) is 24.6 Å².